The molecule has 1 fully saturated rings. The van der Waals surface area contributed by atoms with Gasteiger partial charge in [-0.25, -0.2) is 0 Å². The number of carbonyl (C=O) groups excluding carboxylic acids is 2. The molecule has 1 aromatic heterocycles. The van der Waals surface area contributed by atoms with Crippen LogP contribution in [0.5, 0.6) is 5.75 Å². The molecule has 1 atom stereocenters. The smallest absolute Gasteiger partial charge is 0.405 e. The van der Waals surface area contributed by atoms with Crippen molar-refractivity contribution in [3.63, 3.8) is 0 Å². The van der Waals surface area contributed by atoms with Gasteiger partial charge in [0.15, 0.2) is 0 Å². The van der Waals surface area contributed by atoms with Gasteiger partial charge in [0.2, 0.25) is 11.8 Å². The van der Waals surface area contributed by atoms with E-state index in [2.05, 4.69) is 15.0 Å². The molecule has 1 aliphatic rings. The van der Waals surface area contributed by atoms with Crippen LogP contribution in [0.3, 0.4) is 0 Å². The van der Waals surface area contributed by atoms with Crippen LogP contribution >= 0.6 is 0 Å². The van der Waals surface area contributed by atoms with E-state index in [9.17, 15) is 22.8 Å². The maximum absolute atomic E-state index is 12.5. The summed E-state index contributed by atoms with van der Waals surface area (Å²) in [5, 5.41) is 2.65. The van der Waals surface area contributed by atoms with Crippen molar-refractivity contribution in [3.8, 4) is 5.75 Å². The van der Waals surface area contributed by atoms with Gasteiger partial charge in [-0.2, -0.15) is 0 Å². The van der Waals surface area contributed by atoms with Gasteiger partial charge in [0.05, 0.1) is 18.2 Å². The highest BCUT2D eigenvalue weighted by molar-refractivity contribution is 5.83. The second kappa shape index (κ2) is 8.93. The SMILES string of the molecule is O=C(NCc1ccccc1OC(F)(F)F)[C@H]1CCC(=O)N(Cc2ccccn2)C1. The molecule has 1 aliphatic heterocycles. The van der Waals surface area contributed by atoms with E-state index in [1.54, 1.807) is 29.3 Å². The Hall–Kier alpha value is -3.10. The predicted octanol–water partition coefficient (Wildman–Crippen LogP) is 3.04. The summed E-state index contributed by atoms with van der Waals surface area (Å²) in [7, 11) is 0. The number of likely N-dealkylation sites (tertiary alicyclic amines) is 1. The number of nitrogens with zero attached hydrogens (tertiary/aromatic N) is 2. The monoisotopic (exact) mass is 407 g/mol. The molecule has 0 radical (unpaired) electrons. The number of ether oxygens (including phenoxy) is 1. The molecule has 1 aromatic carbocycles. The van der Waals surface area contributed by atoms with Crippen molar-refractivity contribution in [3.05, 3.63) is 59.9 Å². The molecule has 0 saturated carbocycles. The van der Waals surface area contributed by atoms with Gasteiger partial charge in [0.1, 0.15) is 5.75 Å². The molecule has 2 aromatic rings. The number of pyridine rings is 1. The van der Waals surface area contributed by atoms with Crippen LogP contribution in [-0.2, 0) is 22.7 Å². The van der Waals surface area contributed by atoms with Crippen molar-refractivity contribution in [2.24, 2.45) is 5.92 Å². The number of amides is 2. The van der Waals surface area contributed by atoms with E-state index in [4.69, 9.17) is 0 Å². The minimum Gasteiger partial charge on any atom is -0.405 e. The number of alkyl halides is 3. The Morgan fingerprint density at radius 3 is 2.69 bits per heavy atom. The van der Waals surface area contributed by atoms with Crippen molar-refractivity contribution in [2.75, 3.05) is 6.54 Å². The lowest BCUT2D eigenvalue weighted by Crippen LogP contribution is -2.45. The first-order valence-electron chi connectivity index (χ1n) is 9.11. The largest absolute Gasteiger partial charge is 0.573 e. The first-order valence-corrected chi connectivity index (χ1v) is 9.11. The highest BCUT2D eigenvalue weighted by Gasteiger charge is 2.33. The topological polar surface area (TPSA) is 71.5 Å². The van der Waals surface area contributed by atoms with Crippen molar-refractivity contribution in [2.45, 2.75) is 32.3 Å². The first kappa shape index (κ1) is 20.6. The Morgan fingerprint density at radius 1 is 1.21 bits per heavy atom. The highest BCUT2D eigenvalue weighted by Crippen LogP contribution is 2.26. The number of aromatic nitrogens is 1. The van der Waals surface area contributed by atoms with Crippen LogP contribution in [0.1, 0.15) is 24.1 Å². The Kier molecular flexibility index (Phi) is 6.36. The molecule has 0 bridgehead atoms. The van der Waals surface area contributed by atoms with E-state index >= 15 is 0 Å². The highest BCUT2D eigenvalue weighted by atomic mass is 19.4. The summed E-state index contributed by atoms with van der Waals surface area (Å²) >= 11 is 0. The van der Waals surface area contributed by atoms with E-state index in [0.717, 1.165) is 5.69 Å². The van der Waals surface area contributed by atoms with Gasteiger partial charge in [-0.1, -0.05) is 24.3 Å². The zero-order valence-electron chi connectivity index (χ0n) is 15.5. The van der Waals surface area contributed by atoms with E-state index in [-0.39, 0.29) is 42.6 Å². The fourth-order valence-electron chi connectivity index (χ4n) is 3.17. The van der Waals surface area contributed by atoms with Crippen molar-refractivity contribution < 1.29 is 27.5 Å². The summed E-state index contributed by atoms with van der Waals surface area (Å²) in [5.74, 6) is -1.16. The normalized spacial score (nSPS) is 17.1. The second-order valence-electron chi connectivity index (χ2n) is 6.70. The van der Waals surface area contributed by atoms with Gasteiger partial charge in [-0.15, -0.1) is 13.2 Å². The summed E-state index contributed by atoms with van der Waals surface area (Å²) in [5.41, 5.74) is 0.940. The molecular formula is C20H20F3N3O3. The van der Waals surface area contributed by atoms with Gasteiger partial charge in [0.25, 0.3) is 0 Å². The minimum atomic E-state index is -4.81. The zero-order chi connectivity index (χ0) is 20.9. The molecule has 2 amide bonds. The number of nitrogens with one attached hydrogen (secondary N) is 1. The number of hydrogen-bond acceptors (Lipinski definition) is 4. The van der Waals surface area contributed by atoms with Gasteiger partial charge in [-0.05, 0) is 24.6 Å². The molecule has 2 heterocycles. The number of halogens is 3. The molecule has 29 heavy (non-hydrogen) atoms. The molecule has 0 spiro atoms. The molecule has 3 rings (SSSR count). The molecule has 9 heteroatoms. The van der Waals surface area contributed by atoms with Crippen molar-refractivity contribution in [1.82, 2.24) is 15.2 Å². The summed E-state index contributed by atoms with van der Waals surface area (Å²) in [6.45, 7) is 0.448. The lowest BCUT2D eigenvalue weighted by Gasteiger charge is -2.31. The van der Waals surface area contributed by atoms with Crippen LogP contribution < -0.4 is 10.1 Å². The summed E-state index contributed by atoms with van der Waals surface area (Å²) < 4.78 is 41.5. The fourth-order valence-corrected chi connectivity index (χ4v) is 3.17. The van der Waals surface area contributed by atoms with Gasteiger partial charge >= 0.3 is 6.36 Å². The van der Waals surface area contributed by atoms with Gasteiger partial charge in [-0.3, -0.25) is 14.6 Å². The van der Waals surface area contributed by atoms with Crippen molar-refractivity contribution in [1.29, 1.82) is 0 Å². The lowest BCUT2D eigenvalue weighted by molar-refractivity contribution is -0.274. The third kappa shape index (κ3) is 5.94. The molecule has 1 saturated heterocycles. The van der Waals surface area contributed by atoms with E-state index in [1.165, 1.54) is 18.2 Å². The third-order valence-corrected chi connectivity index (χ3v) is 4.60. The quantitative estimate of drug-likeness (QED) is 0.799. The van der Waals surface area contributed by atoms with Crippen LogP contribution in [-0.4, -0.2) is 34.6 Å². The maximum Gasteiger partial charge on any atom is 0.573 e. The molecule has 0 aliphatic carbocycles. The lowest BCUT2D eigenvalue weighted by atomic mass is 9.96. The number of carbonyl (C=O) groups is 2. The average Bonchev–Trinajstić information content (AvgIpc) is 2.68. The number of piperidine rings is 1. The molecule has 6 nitrogen and oxygen atoms in total. The molecular weight excluding hydrogens is 387 g/mol. The number of hydrogen-bond donors (Lipinski definition) is 1. The summed E-state index contributed by atoms with van der Waals surface area (Å²) in [4.78, 5) is 30.5. The van der Waals surface area contributed by atoms with E-state index in [0.29, 0.717) is 13.0 Å². The molecule has 154 valence electrons. The third-order valence-electron chi connectivity index (χ3n) is 4.60. The average molecular weight is 407 g/mol. The van der Waals surface area contributed by atoms with Crippen LogP contribution in [0.15, 0.2) is 48.7 Å². The Bertz CT molecular complexity index is 859. The summed E-state index contributed by atoms with van der Waals surface area (Å²) in [6.07, 6.45) is -2.55. The Labute approximate surface area is 165 Å². The van der Waals surface area contributed by atoms with Gasteiger partial charge < -0.3 is 15.0 Å². The van der Waals surface area contributed by atoms with E-state index in [1.807, 2.05) is 6.07 Å². The Morgan fingerprint density at radius 2 is 1.97 bits per heavy atom. The van der Waals surface area contributed by atoms with Gasteiger partial charge in [0, 0.05) is 31.3 Å². The van der Waals surface area contributed by atoms with Crippen LogP contribution in [0.25, 0.3) is 0 Å². The first-order chi connectivity index (χ1) is 13.8. The minimum absolute atomic E-state index is 0.0522. The zero-order valence-corrected chi connectivity index (χ0v) is 15.5. The predicted molar refractivity (Wildman–Crippen MR) is 97.3 cm³/mol. The van der Waals surface area contributed by atoms with Crippen molar-refractivity contribution >= 4 is 11.8 Å². The van der Waals surface area contributed by atoms with Crippen LogP contribution in [0, 0.1) is 5.92 Å². The number of benzene rings is 1. The standard InChI is InChI=1S/C20H20F3N3O3/c21-20(22,23)29-17-7-2-1-5-14(17)11-25-19(28)15-8-9-18(27)26(12-15)13-16-6-3-4-10-24-16/h1-7,10,15H,8-9,11-13H2,(H,25,28)/t15-/m0/s1. The van der Waals surface area contributed by atoms with Crippen LogP contribution in [0.4, 0.5) is 13.2 Å². The number of para-hydroxylation sites is 1. The maximum atomic E-state index is 12.5. The summed E-state index contributed by atoms with van der Waals surface area (Å²) in [6, 6.07) is 11.0. The van der Waals surface area contributed by atoms with E-state index < -0.39 is 12.3 Å². The van der Waals surface area contributed by atoms with Crippen LogP contribution in [0.2, 0.25) is 0 Å². The number of rotatable bonds is 6. The molecule has 0 unspecified atom stereocenters. The Balaban J connectivity index is 1.59. The second-order valence-corrected chi connectivity index (χ2v) is 6.70. The molecule has 1 N–H and O–H groups in total. The fraction of sp³-hybridized carbons (Fsp3) is 0.350.